The van der Waals surface area contributed by atoms with Gasteiger partial charge >= 0.3 is 5.97 Å². The van der Waals surface area contributed by atoms with E-state index in [9.17, 15) is 9.90 Å². The molecule has 25 heavy (non-hydrogen) atoms. The van der Waals surface area contributed by atoms with E-state index in [0.717, 1.165) is 32.3 Å². The summed E-state index contributed by atoms with van der Waals surface area (Å²) in [6.45, 7) is 0. The van der Waals surface area contributed by atoms with Gasteiger partial charge in [-0.15, -0.1) is 11.3 Å². The van der Waals surface area contributed by atoms with Gasteiger partial charge in [0.2, 0.25) is 0 Å². The van der Waals surface area contributed by atoms with E-state index < -0.39 is 5.97 Å². The molecule has 0 bridgehead atoms. The Labute approximate surface area is 152 Å². The zero-order valence-corrected chi connectivity index (χ0v) is 14.7. The largest absolute Gasteiger partial charge is 0.477 e. The van der Waals surface area contributed by atoms with E-state index in [2.05, 4.69) is 41.8 Å². The molecule has 0 saturated carbocycles. The quantitative estimate of drug-likeness (QED) is 0.549. The van der Waals surface area contributed by atoms with E-state index in [-0.39, 0.29) is 0 Å². The monoisotopic (exact) mass is 360 g/mol. The molecule has 120 valence electrons. The van der Waals surface area contributed by atoms with Crippen molar-refractivity contribution in [1.82, 2.24) is 0 Å². The molecule has 0 spiro atoms. The van der Waals surface area contributed by atoms with Crippen molar-refractivity contribution in [2.45, 2.75) is 4.90 Å². The molecule has 1 N–H and O–H groups in total. The number of allylic oxidation sites excluding steroid dienone is 1. The number of carbonyl (C=O) groups is 1. The van der Waals surface area contributed by atoms with Crippen molar-refractivity contribution in [3.05, 3.63) is 74.8 Å². The smallest absolute Gasteiger partial charge is 0.345 e. The van der Waals surface area contributed by atoms with Crippen LogP contribution in [0.25, 0.3) is 33.7 Å². The summed E-state index contributed by atoms with van der Waals surface area (Å²) in [6.07, 6.45) is 6.36. The van der Waals surface area contributed by atoms with E-state index in [1.165, 1.54) is 21.5 Å². The first-order valence-electron chi connectivity index (χ1n) is 7.87. The van der Waals surface area contributed by atoms with Gasteiger partial charge in [-0.25, -0.2) is 4.79 Å². The summed E-state index contributed by atoms with van der Waals surface area (Å²) in [4.78, 5) is 14.2. The number of carboxylic acids is 1. The number of carboxylic acid groups (broad SMARTS) is 1. The van der Waals surface area contributed by atoms with E-state index in [1.54, 1.807) is 11.8 Å². The minimum atomic E-state index is -0.871. The molecular weight excluding hydrogens is 348 g/mol. The molecule has 2 aliphatic rings. The van der Waals surface area contributed by atoms with E-state index in [4.69, 9.17) is 0 Å². The molecule has 4 heteroatoms. The van der Waals surface area contributed by atoms with Crippen LogP contribution < -0.4 is 10.4 Å². The maximum atomic E-state index is 11.5. The highest BCUT2D eigenvalue weighted by molar-refractivity contribution is 8.02. The van der Waals surface area contributed by atoms with E-state index in [1.807, 2.05) is 24.3 Å². The molecule has 2 aromatic carbocycles. The van der Waals surface area contributed by atoms with Crippen molar-refractivity contribution < 1.29 is 9.90 Å². The van der Waals surface area contributed by atoms with E-state index in [0.29, 0.717) is 4.88 Å². The lowest BCUT2D eigenvalue weighted by Gasteiger charge is -2.08. The Bertz CT molecular complexity index is 1200. The second-order valence-electron chi connectivity index (χ2n) is 5.98. The van der Waals surface area contributed by atoms with Gasteiger partial charge in [-0.1, -0.05) is 48.2 Å². The summed E-state index contributed by atoms with van der Waals surface area (Å²) in [7, 11) is 0. The Kier molecular flexibility index (Phi) is 3.23. The van der Waals surface area contributed by atoms with Crippen LogP contribution in [0.3, 0.4) is 0 Å². The third kappa shape index (κ3) is 2.29. The number of thiophene rings is 1. The van der Waals surface area contributed by atoms with Crippen LogP contribution >= 0.6 is 23.1 Å². The molecule has 2 heterocycles. The topological polar surface area (TPSA) is 37.3 Å². The molecule has 1 aliphatic carbocycles. The molecule has 5 rings (SSSR count). The third-order valence-corrected chi connectivity index (χ3v) is 6.54. The predicted molar refractivity (Wildman–Crippen MR) is 104 cm³/mol. The van der Waals surface area contributed by atoms with Gasteiger partial charge in [0.25, 0.3) is 0 Å². The Morgan fingerprint density at radius 1 is 0.960 bits per heavy atom. The maximum absolute atomic E-state index is 11.5. The van der Waals surface area contributed by atoms with Crippen molar-refractivity contribution in [2.75, 3.05) is 0 Å². The lowest BCUT2D eigenvalue weighted by atomic mass is 10.0. The highest BCUT2D eigenvalue weighted by Gasteiger charge is 2.21. The van der Waals surface area contributed by atoms with Gasteiger partial charge in [-0.3, -0.25) is 0 Å². The number of benzene rings is 2. The van der Waals surface area contributed by atoms with Crippen molar-refractivity contribution in [2.24, 2.45) is 0 Å². The Balaban J connectivity index is 1.93. The van der Waals surface area contributed by atoms with Gasteiger partial charge in [-0.05, 0) is 56.8 Å². The van der Waals surface area contributed by atoms with Gasteiger partial charge in [-0.2, -0.15) is 0 Å². The number of aromatic carboxylic acids is 1. The average Bonchev–Trinajstić information content (AvgIpc) is 3.02. The van der Waals surface area contributed by atoms with Gasteiger partial charge in [0.05, 0.1) is 0 Å². The number of thioether (sulfide) groups is 1. The normalized spacial score (nSPS) is 13.4. The predicted octanol–water partition coefficient (Wildman–Crippen LogP) is 4.32. The minimum absolute atomic E-state index is 0.378. The molecule has 1 aromatic heterocycles. The Morgan fingerprint density at radius 2 is 1.84 bits per heavy atom. The zero-order chi connectivity index (χ0) is 17.0. The molecule has 0 unspecified atom stereocenters. The van der Waals surface area contributed by atoms with Crippen LogP contribution in [0.4, 0.5) is 0 Å². The third-order valence-electron chi connectivity index (χ3n) is 4.48. The van der Waals surface area contributed by atoms with Crippen molar-refractivity contribution in [3.8, 4) is 21.6 Å². The van der Waals surface area contributed by atoms with Crippen LogP contribution in [0.5, 0.6) is 0 Å². The molecule has 0 radical (unpaired) electrons. The summed E-state index contributed by atoms with van der Waals surface area (Å²) < 4.78 is 0. The van der Waals surface area contributed by atoms with Crippen LogP contribution in [-0.2, 0) is 0 Å². The number of hydrogen-bond acceptors (Lipinski definition) is 3. The standard InChI is InChI=1S/C21H12O2S2/c22-21(23)19-11-17-16-9-13-5-3-7-24-18(13)10-14(16)8-12-4-1-2-6-15(12)20(17)25-19/h1-11H,(H,22,23). The lowest BCUT2D eigenvalue weighted by Crippen LogP contribution is -2.15. The number of rotatable bonds is 1. The highest BCUT2D eigenvalue weighted by atomic mass is 32.2. The van der Waals surface area contributed by atoms with Crippen LogP contribution in [0.2, 0.25) is 0 Å². The fourth-order valence-electron chi connectivity index (χ4n) is 3.35. The number of hydrogen-bond donors (Lipinski definition) is 1. The van der Waals surface area contributed by atoms with Gasteiger partial charge < -0.3 is 5.11 Å². The maximum Gasteiger partial charge on any atom is 0.345 e. The molecule has 3 aromatic rings. The first-order chi connectivity index (χ1) is 12.2. The first kappa shape index (κ1) is 14.8. The summed E-state index contributed by atoms with van der Waals surface area (Å²) in [5.41, 5.74) is 4.33. The molecule has 1 aliphatic heterocycles. The van der Waals surface area contributed by atoms with Crippen molar-refractivity contribution in [1.29, 1.82) is 0 Å². The first-order valence-corrected chi connectivity index (χ1v) is 9.56. The molecule has 0 saturated heterocycles. The Hall–Kier alpha value is -2.56. The summed E-state index contributed by atoms with van der Waals surface area (Å²) >= 11 is 3.07. The molecule has 2 nitrogen and oxygen atoms in total. The van der Waals surface area contributed by atoms with Crippen LogP contribution in [0.1, 0.15) is 15.2 Å². The van der Waals surface area contributed by atoms with Crippen molar-refractivity contribution >= 4 is 41.2 Å². The summed E-state index contributed by atoms with van der Waals surface area (Å²) in [5, 5.41) is 13.9. The highest BCUT2D eigenvalue weighted by Crippen LogP contribution is 2.41. The van der Waals surface area contributed by atoms with Crippen LogP contribution in [-0.4, -0.2) is 11.1 Å². The van der Waals surface area contributed by atoms with E-state index >= 15 is 0 Å². The van der Waals surface area contributed by atoms with Gasteiger partial charge in [0.1, 0.15) is 4.88 Å². The van der Waals surface area contributed by atoms with Crippen LogP contribution in [0.15, 0.2) is 58.8 Å². The molecular formula is C21H12O2S2. The minimum Gasteiger partial charge on any atom is -0.477 e. The SMILES string of the molecule is O=C(O)c1cc2c(s1)-c1ccccc1C=c1cc3c(cc1-2)=CC=CS3. The second-order valence-corrected chi connectivity index (χ2v) is 7.98. The summed E-state index contributed by atoms with van der Waals surface area (Å²) in [5.74, 6) is -0.871. The second kappa shape index (κ2) is 5.48. The lowest BCUT2D eigenvalue weighted by molar-refractivity contribution is 0.0702. The fraction of sp³-hybridized carbons (Fsp3) is 0. The van der Waals surface area contributed by atoms with Crippen LogP contribution in [0, 0.1) is 0 Å². The number of fused-ring (bicyclic) bond motifs is 6. The molecule has 0 amide bonds. The van der Waals surface area contributed by atoms with Gasteiger partial charge in [0, 0.05) is 15.3 Å². The molecule has 0 fully saturated rings. The van der Waals surface area contributed by atoms with Crippen molar-refractivity contribution in [3.63, 3.8) is 0 Å². The summed E-state index contributed by atoms with van der Waals surface area (Å²) in [6, 6.07) is 14.4. The fourth-order valence-corrected chi connectivity index (χ4v) is 5.17. The zero-order valence-electron chi connectivity index (χ0n) is 13.0. The van der Waals surface area contributed by atoms with Gasteiger partial charge in [0.15, 0.2) is 0 Å². The average molecular weight is 360 g/mol. The molecule has 0 atom stereocenters. The Morgan fingerprint density at radius 3 is 2.72 bits per heavy atom.